The van der Waals surface area contributed by atoms with Gasteiger partial charge in [0.25, 0.3) is 0 Å². The number of hydrogen-bond donors (Lipinski definition) is 1. The Balaban J connectivity index is 2.97. The van der Waals surface area contributed by atoms with Crippen LogP contribution in [0.15, 0.2) is 0 Å². The summed E-state index contributed by atoms with van der Waals surface area (Å²) in [5, 5.41) is 0. The van der Waals surface area contributed by atoms with Crippen molar-refractivity contribution in [2.45, 2.75) is 45.1 Å². The zero-order valence-corrected chi connectivity index (χ0v) is 7.53. The molecule has 0 radical (unpaired) electrons. The third kappa shape index (κ3) is 6.37. The summed E-state index contributed by atoms with van der Waals surface area (Å²) in [7, 11) is 0. The van der Waals surface area contributed by atoms with Crippen LogP contribution in [0.1, 0.15) is 39.0 Å². The number of hydrogen-bond acceptors (Lipinski definition) is 1. The molecule has 1 atom stereocenters. The van der Waals surface area contributed by atoms with Crippen LogP contribution in [0.3, 0.4) is 0 Å². The predicted octanol–water partition coefficient (Wildman–Crippen LogP) is 2.52. The minimum absolute atomic E-state index is 0.337. The Bertz CT molecular complexity index is 66.3. The van der Waals surface area contributed by atoms with Crippen molar-refractivity contribution in [3.8, 4) is 0 Å². The van der Waals surface area contributed by atoms with E-state index in [9.17, 15) is 0 Å². The molecule has 2 N–H and O–H groups in total. The molecule has 0 saturated carbocycles. The first-order valence-electron chi connectivity index (χ1n) is 4.12. The second-order valence-corrected chi connectivity index (χ2v) is 3.11. The Morgan fingerprint density at radius 3 is 2.50 bits per heavy atom. The lowest BCUT2D eigenvalue weighted by atomic mass is 10.1. The minimum Gasteiger partial charge on any atom is -0.328 e. The van der Waals surface area contributed by atoms with Gasteiger partial charge in [0.05, 0.1) is 0 Å². The van der Waals surface area contributed by atoms with Crippen molar-refractivity contribution in [1.29, 1.82) is 0 Å². The van der Waals surface area contributed by atoms with Crippen LogP contribution in [0.25, 0.3) is 0 Å². The van der Waals surface area contributed by atoms with Gasteiger partial charge >= 0.3 is 0 Å². The van der Waals surface area contributed by atoms with E-state index in [0.29, 0.717) is 11.9 Å². The third-order valence-electron chi connectivity index (χ3n) is 1.66. The molecule has 0 aliphatic heterocycles. The molecule has 0 aromatic rings. The van der Waals surface area contributed by atoms with Crippen LogP contribution in [0.5, 0.6) is 0 Å². The molecule has 0 amide bonds. The van der Waals surface area contributed by atoms with E-state index in [1.165, 1.54) is 19.3 Å². The standard InChI is InChI=1S/C8H18ClN/c1-2-3-4-5-8(10)6-7-9/h8H,2-7,10H2,1H3. The van der Waals surface area contributed by atoms with Gasteiger partial charge < -0.3 is 5.73 Å². The summed E-state index contributed by atoms with van der Waals surface area (Å²) in [4.78, 5) is 0. The van der Waals surface area contributed by atoms with Crippen molar-refractivity contribution in [2.24, 2.45) is 5.73 Å². The van der Waals surface area contributed by atoms with Gasteiger partial charge in [-0.1, -0.05) is 26.2 Å². The average Bonchev–Trinajstić information content (AvgIpc) is 1.89. The summed E-state index contributed by atoms with van der Waals surface area (Å²) in [6, 6.07) is 0.337. The van der Waals surface area contributed by atoms with E-state index in [-0.39, 0.29) is 0 Å². The lowest BCUT2D eigenvalue weighted by Crippen LogP contribution is -2.19. The van der Waals surface area contributed by atoms with Gasteiger partial charge in [-0.25, -0.2) is 0 Å². The van der Waals surface area contributed by atoms with Crippen molar-refractivity contribution >= 4 is 11.6 Å². The van der Waals surface area contributed by atoms with Gasteiger partial charge in [-0.2, -0.15) is 0 Å². The highest BCUT2D eigenvalue weighted by Crippen LogP contribution is 2.04. The molecule has 0 saturated heterocycles. The van der Waals surface area contributed by atoms with E-state index in [1.54, 1.807) is 0 Å². The molecule has 0 aromatic carbocycles. The van der Waals surface area contributed by atoms with Crippen LogP contribution in [-0.2, 0) is 0 Å². The van der Waals surface area contributed by atoms with Crippen molar-refractivity contribution in [3.05, 3.63) is 0 Å². The van der Waals surface area contributed by atoms with Crippen molar-refractivity contribution in [1.82, 2.24) is 0 Å². The van der Waals surface area contributed by atoms with Crippen LogP contribution >= 0.6 is 11.6 Å². The number of nitrogens with two attached hydrogens (primary N) is 1. The molecule has 62 valence electrons. The van der Waals surface area contributed by atoms with Crippen molar-refractivity contribution in [3.63, 3.8) is 0 Å². The van der Waals surface area contributed by atoms with E-state index in [2.05, 4.69) is 6.92 Å². The summed E-state index contributed by atoms with van der Waals surface area (Å²) in [6.45, 7) is 2.20. The molecule has 0 aromatic heterocycles. The van der Waals surface area contributed by atoms with Gasteiger partial charge in [-0.3, -0.25) is 0 Å². The van der Waals surface area contributed by atoms with Crippen LogP contribution in [-0.4, -0.2) is 11.9 Å². The number of unbranched alkanes of at least 4 members (excludes halogenated alkanes) is 2. The molecule has 2 heteroatoms. The maximum absolute atomic E-state index is 5.74. The number of halogens is 1. The minimum atomic E-state index is 0.337. The van der Waals surface area contributed by atoms with Crippen molar-refractivity contribution in [2.75, 3.05) is 5.88 Å². The lowest BCUT2D eigenvalue weighted by molar-refractivity contribution is 0.549. The molecule has 0 aliphatic carbocycles. The molecule has 1 unspecified atom stereocenters. The van der Waals surface area contributed by atoms with Gasteiger partial charge in [-0.05, 0) is 12.8 Å². The molecule has 0 bridgehead atoms. The Morgan fingerprint density at radius 2 is 2.00 bits per heavy atom. The van der Waals surface area contributed by atoms with E-state index < -0.39 is 0 Å². The Kier molecular flexibility index (Phi) is 7.54. The molecular formula is C8H18ClN. The quantitative estimate of drug-likeness (QED) is 0.473. The fraction of sp³-hybridized carbons (Fsp3) is 1.00. The Labute approximate surface area is 68.9 Å². The second-order valence-electron chi connectivity index (χ2n) is 2.73. The summed E-state index contributed by atoms with van der Waals surface area (Å²) in [6.07, 6.45) is 5.93. The van der Waals surface area contributed by atoms with Gasteiger partial charge in [0.15, 0.2) is 0 Å². The first-order chi connectivity index (χ1) is 4.81. The monoisotopic (exact) mass is 163 g/mol. The van der Waals surface area contributed by atoms with Gasteiger partial charge in [-0.15, -0.1) is 11.6 Å². The summed E-state index contributed by atoms with van der Waals surface area (Å²) in [5.41, 5.74) is 5.74. The van der Waals surface area contributed by atoms with Crippen molar-refractivity contribution < 1.29 is 0 Å². The maximum Gasteiger partial charge on any atom is 0.0238 e. The zero-order valence-electron chi connectivity index (χ0n) is 6.78. The third-order valence-corrected chi connectivity index (χ3v) is 1.88. The van der Waals surface area contributed by atoms with E-state index in [1.807, 2.05) is 0 Å². The molecule has 0 heterocycles. The largest absolute Gasteiger partial charge is 0.328 e. The first kappa shape index (κ1) is 10.2. The van der Waals surface area contributed by atoms with Gasteiger partial charge in [0.2, 0.25) is 0 Å². The summed E-state index contributed by atoms with van der Waals surface area (Å²) >= 11 is 5.53. The topological polar surface area (TPSA) is 26.0 Å². The number of alkyl halides is 1. The molecule has 0 fully saturated rings. The van der Waals surface area contributed by atoms with Gasteiger partial charge in [0.1, 0.15) is 0 Å². The average molecular weight is 164 g/mol. The summed E-state index contributed by atoms with van der Waals surface area (Å²) in [5.74, 6) is 0.702. The van der Waals surface area contributed by atoms with E-state index in [0.717, 1.165) is 12.8 Å². The summed E-state index contributed by atoms with van der Waals surface area (Å²) < 4.78 is 0. The second kappa shape index (κ2) is 7.36. The molecular weight excluding hydrogens is 146 g/mol. The van der Waals surface area contributed by atoms with Crippen LogP contribution in [0.4, 0.5) is 0 Å². The Morgan fingerprint density at radius 1 is 1.30 bits per heavy atom. The highest BCUT2D eigenvalue weighted by molar-refractivity contribution is 6.17. The molecule has 0 spiro atoms. The Hall–Kier alpha value is 0.250. The van der Waals surface area contributed by atoms with E-state index >= 15 is 0 Å². The van der Waals surface area contributed by atoms with Gasteiger partial charge in [0, 0.05) is 11.9 Å². The fourth-order valence-corrected chi connectivity index (χ4v) is 1.22. The highest BCUT2D eigenvalue weighted by atomic mass is 35.5. The number of rotatable bonds is 6. The fourth-order valence-electron chi connectivity index (χ4n) is 0.941. The molecule has 0 aliphatic rings. The zero-order chi connectivity index (χ0) is 7.82. The lowest BCUT2D eigenvalue weighted by Gasteiger charge is -2.07. The molecule has 1 nitrogen and oxygen atoms in total. The SMILES string of the molecule is CCCCCC(N)CCCl. The van der Waals surface area contributed by atoms with E-state index in [4.69, 9.17) is 17.3 Å². The molecule has 10 heavy (non-hydrogen) atoms. The first-order valence-corrected chi connectivity index (χ1v) is 4.66. The van der Waals surface area contributed by atoms with Crippen LogP contribution < -0.4 is 5.73 Å². The predicted molar refractivity (Wildman–Crippen MR) is 47.5 cm³/mol. The molecule has 0 rings (SSSR count). The maximum atomic E-state index is 5.74. The smallest absolute Gasteiger partial charge is 0.0238 e. The highest BCUT2D eigenvalue weighted by Gasteiger charge is 1.99. The van der Waals surface area contributed by atoms with Crippen LogP contribution in [0.2, 0.25) is 0 Å². The normalized spacial score (nSPS) is 13.5. The van der Waals surface area contributed by atoms with Crippen LogP contribution in [0, 0.1) is 0 Å².